The molecule has 0 aliphatic heterocycles. The zero-order chi connectivity index (χ0) is 8.31. The second-order valence-electron chi connectivity index (χ2n) is 1.41. The molecule has 0 heterocycles. The number of hydrogen-bond donors (Lipinski definition) is 0. The average Bonchev–Trinajstić information content (AvgIpc) is 1.59. The average molecular weight is 322 g/mol. The quantitative estimate of drug-likeness (QED) is 0.610. The lowest BCUT2D eigenvalue weighted by Crippen LogP contribution is -1.37. The van der Waals surface area contributed by atoms with Crippen LogP contribution in [0, 0.1) is 0 Å². The highest BCUT2D eigenvalue weighted by Gasteiger charge is 2.20. The van der Waals surface area contributed by atoms with E-state index in [-0.39, 0.29) is 27.9 Å². The molecule has 0 saturated carbocycles. The SMILES string of the molecule is PP(P)P(P(P)P)P(P)P. The summed E-state index contributed by atoms with van der Waals surface area (Å²) < 4.78 is 0. The van der Waals surface area contributed by atoms with Crippen LogP contribution in [0.2, 0.25) is 0 Å². The van der Waals surface area contributed by atoms with Gasteiger partial charge in [-0.2, -0.15) is 0 Å². The molecule has 0 aliphatic rings. The normalized spacial score (nSPS) is 12.6. The molecule has 0 spiro atoms. The summed E-state index contributed by atoms with van der Waals surface area (Å²) >= 11 is 0. The van der Waals surface area contributed by atoms with Crippen molar-refractivity contribution in [2.45, 2.75) is 0 Å². The van der Waals surface area contributed by atoms with Crippen molar-refractivity contribution in [2.24, 2.45) is 0 Å². The number of hydrogen-bond acceptors (Lipinski definition) is 0. The first-order valence-corrected chi connectivity index (χ1v) is 19.3. The van der Waals surface area contributed by atoms with Gasteiger partial charge in [-0.05, 0) is 27.9 Å². The lowest BCUT2D eigenvalue weighted by Gasteiger charge is -2.27. The molecule has 6 atom stereocenters. The van der Waals surface area contributed by atoms with Gasteiger partial charge in [-0.3, -0.25) is 0 Å². The monoisotopic (exact) mass is 322 g/mol. The predicted octanol–water partition coefficient (Wildman–Crippen LogP) is 5.40. The van der Waals surface area contributed by atoms with Crippen molar-refractivity contribution in [3.8, 4) is 0 Å². The molecule has 6 unspecified atom stereocenters. The van der Waals surface area contributed by atoms with Crippen molar-refractivity contribution in [1.82, 2.24) is 0 Å². The van der Waals surface area contributed by atoms with E-state index in [1.807, 2.05) is 0 Å². The summed E-state index contributed by atoms with van der Waals surface area (Å²) in [5, 5.41) is 0. The van der Waals surface area contributed by atoms with E-state index in [0.29, 0.717) is 0 Å². The standard InChI is InChI=1S/H12P10/c1-7(2)10(8(3)4)9(5)6/h1-6H2. The fourth-order valence-electron chi connectivity index (χ4n) is 0.358. The second-order valence-corrected chi connectivity index (χ2v) is 38.0. The first-order valence-electron chi connectivity index (χ1n) is 2.15. The first kappa shape index (κ1) is 14.3. The Hall–Kier alpha value is 4.30. The summed E-state index contributed by atoms with van der Waals surface area (Å²) in [5.74, 6) is 0. The van der Waals surface area contributed by atoms with Gasteiger partial charge in [0.1, 0.15) is 0 Å². The van der Waals surface area contributed by atoms with Crippen molar-refractivity contribution >= 4 is 81.5 Å². The van der Waals surface area contributed by atoms with Crippen LogP contribution in [0.3, 0.4) is 0 Å². The fourth-order valence-corrected chi connectivity index (χ4v) is 86.9. The summed E-state index contributed by atoms with van der Waals surface area (Å²) in [6.07, 6.45) is 0. The van der Waals surface area contributed by atoms with Crippen LogP contribution in [0.5, 0.6) is 0 Å². The van der Waals surface area contributed by atoms with E-state index in [2.05, 4.69) is 53.6 Å². The minimum Gasteiger partial charge on any atom is -0.102 e. The van der Waals surface area contributed by atoms with Crippen LogP contribution in [0.1, 0.15) is 0 Å². The molecule has 0 amide bonds. The molecule has 0 rings (SSSR count). The van der Waals surface area contributed by atoms with E-state index in [1.165, 1.54) is 0 Å². The Morgan fingerprint density at radius 2 is 0.700 bits per heavy atom. The molecule has 0 fully saturated rings. The molecule has 62 valence electrons. The van der Waals surface area contributed by atoms with Crippen LogP contribution in [0.4, 0.5) is 0 Å². The van der Waals surface area contributed by atoms with Gasteiger partial charge in [-0.25, -0.2) is 0 Å². The van der Waals surface area contributed by atoms with Gasteiger partial charge in [0.15, 0.2) is 0 Å². The smallest absolute Gasteiger partial charge is 0.00747 e. The predicted molar refractivity (Wildman–Crippen MR) is 85.9 cm³/mol. The zero-order valence-corrected chi connectivity index (χ0v) is 15.8. The maximum atomic E-state index is 2.95. The van der Waals surface area contributed by atoms with Gasteiger partial charge in [0.05, 0.1) is 0 Å². The molecule has 0 radical (unpaired) electrons. The largest absolute Gasteiger partial charge is 0.102 e. The lowest BCUT2D eigenvalue weighted by atomic mass is 28.7. The highest BCUT2D eigenvalue weighted by Crippen LogP contribution is 3.10. The fraction of sp³-hybridized carbons (Fsp3) is 0. The third-order valence-corrected chi connectivity index (χ3v) is 50.2. The van der Waals surface area contributed by atoms with Gasteiger partial charge in [0, 0.05) is 0 Å². The highest BCUT2D eigenvalue weighted by molar-refractivity contribution is 9.16. The Kier molecular flexibility index (Phi) is 10.8. The minimum atomic E-state index is 0.130. The maximum Gasteiger partial charge on any atom is -0.00747 e. The van der Waals surface area contributed by atoms with Crippen LogP contribution in [-0.2, 0) is 0 Å². The van der Waals surface area contributed by atoms with E-state index in [0.717, 1.165) is 0 Å². The Morgan fingerprint density at radius 1 is 0.500 bits per heavy atom. The van der Waals surface area contributed by atoms with E-state index >= 15 is 0 Å². The molecular formula is H12P10. The number of rotatable bonds is 3. The lowest BCUT2D eigenvalue weighted by molar-refractivity contribution is 4.69. The van der Waals surface area contributed by atoms with Gasteiger partial charge in [-0.15, -0.1) is 53.6 Å². The molecule has 0 N–H and O–H groups in total. The molecular weight excluding hydrogens is 310 g/mol. The topological polar surface area (TPSA) is 0 Å². The van der Waals surface area contributed by atoms with Crippen LogP contribution >= 0.6 is 81.5 Å². The summed E-state index contributed by atoms with van der Waals surface area (Å²) in [7, 11) is 17.7. The molecule has 0 aromatic heterocycles. The van der Waals surface area contributed by atoms with Crippen molar-refractivity contribution in [2.75, 3.05) is 0 Å². The van der Waals surface area contributed by atoms with Crippen LogP contribution in [0.25, 0.3) is 0 Å². The Bertz CT molecular complexity index is 61.0. The van der Waals surface area contributed by atoms with Crippen LogP contribution in [-0.4, -0.2) is 0 Å². The molecule has 0 aromatic rings. The Morgan fingerprint density at radius 3 is 0.700 bits per heavy atom. The highest BCUT2D eigenvalue weighted by atomic mass is 33.2. The van der Waals surface area contributed by atoms with Crippen molar-refractivity contribution in [3.63, 3.8) is 0 Å². The molecule has 10 heavy (non-hydrogen) atoms. The molecule has 0 saturated heterocycles. The van der Waals surface area contributed by atoms with Gasteiger partial charge in [0.25, 0.3) is 0 Å². The van der Waals surface area contributed by atoms with Gasteiger partial charge < -0.3 is 0 Å². The van der Waals surface area contributed by atoms with E-state index in [4.69, 9.17) is 0 Å². The van der Waals surface area contributed by atoms with E-state index in [1.54, 1.807) is 0 Å². The van der Waals surface area contributed by atoms with Crippen LogP contribution in [0.15, 0.2) is 0 Å². The molecule has 0 nitrogen and oxygen atoms in total. The molecule has 0 aromatic carbocycles. The first-order chi connectivity index (χ1) is 4.46. The Balaban J connectivity index is 3.98. The maximum absolute atomic E-state index is 2.95. The van der Waals surface area contributed by atoms with E-state index < -0.39 is 0 Å². The second kappa shape index (κ2) is 7.57. The van der Waals surface area contributed by atoms with Gasteiger partial charge >= 0.3 is 0 Å². The summed E-state index contributed by atoms with van der Waals surface area (Å²) in [6, 6.07) is 0. The third-order valence-electron chi connectivity index (χ3n) is 0.620. The Labute approximate surface area is 81.4 Å². The molecule has 0 bridgehead atoms. The van der Waals surface area contributed by atoms with Gasteiger partial charge in [-0.1, -0.05) is 0 Å². The minimum absolute atomic E-state index is 0.130. The van der Waals surface area contributed by atoms with Crippen molar-refractivity contribution in [3.05, 3.63) is 0 Å². The van der Waals surface area contributed by atoms with Crippen molar-refractivity contribution < 1.29 is 0 Å². The summed E-state index contributed by atoms with van der Waals surface area (Å²) in [4.78, 5) is 0. The summed E-state index contributed by atoms with van der Waals surface area (Å²) in [5.41, 5.74) is 0. The van der Waals surface area contributed by atoms with Crippen LogP contribution < -0.4 is 0 Å². The van der Waals surface area contributed by atoms with Crippen molar-refractivity contribution in [1.29, 1.82) is 0 Å². The molecule has 10 heteroatoms. The molecule has 0 aliphatic carbocycles. The summed E-state index contributed by atoms with van der Waals surface area (Å²) in [6.45, 7) is 0.623. The third kappa shape index (κ3) is 5.91. The van der Waals surface area contributed by atoms with E-state index in [9.17, 15) is 0 Å². The van der Waals surface area contributed by atoms with Gasteiger partial charge in [0.2, 0.25) is 0 Å². The zero-order valence-electron chi connectivity index (χ0n) is 5.25.